The van der Waals surface area contributed by atoms with Crippen molar-refractivity contribution in [2.24, 2.45) is 5.92 Å². The molecule has 0 amide bonds. The Morgan fingerprint density at radius 1 is 1.22 bits per heavy atom. The zero-order chi connectivity index (χ0) is 13.6. The van der Waals surface area contributed by atoms with E-state index in [4.69, 9.17) is 0 Å². The molecule has 0 spiro atoms. The molecule has 0 saturated heterocycles. The second kappa shape index (κ2) is 6.75. The van der Waals surface area contributed by atoms with Crippen molar-refractivity contribution in [3.63, 3.8) is 0 Å². The smallest absolute Gasteiger partial charge is 0.180 e. The predicted molar refractivity (Wildman–Crippen MR) is 75.7 cm³/mol. The Kier molecular flexibility index (Phi) is 5.62. The Balaban J connectivity index is 2.84. The lowest BCUT2D eigenvalue weighted by atomic mass is 10.2. The first kappa shape index (κ1) is 15.0. The van der Waals surface area contributed by atoms with E-state index in [0.717, 1.165) is 13.1 Å². The lowest BCUT2D eigenvalue weighted by Gasteiger charge is -2.15. The van der Waals surface area contributed by atoms with Crippen LogP contribution in [0.5, 0.6) is 0 Å². The number of nitrogens with one attached hydrogen (secondary N) is 2. The van der Waals surface area contributed by atoms with Crippen molar-refractivity contribution in [2.45, 2.75) is 18.7 Å². The Bertz CT molecular complexity index is 472. The lowest BCUT2D eigenvalue weighted by molar-refractivity contribution is 0.568. The summed E-state index contributed by atoms with van der Waals surface area (Å²) in [5.74, 6) is 0.560. The van der Waals surface area contributed by atoms with Gasteiger partial charge in [0.25, 0.3) is 0 Å². The highest BCUT2D eigenvalue weighted by atomic mass is 32.2. The Labute approximate surface area is 110 Å². The highest BCUT2D eigenvalue weighted by Crippen LogP contribution is 2.22. The maximum Gasteiger partial charge on any atom is 0.180 e. The lowest BCUT2D eigenvalue weighted by Crippen LogP contribution is -2.23. The minimum absolute atomic E-state index is 0.123. The molecule has 1 aromatic carbocycles. The average Bonchev–Trinajstić information content (AvgIpc) is 2.37. The van der Waals surface area contributed by atoms with E-state index in [-0.39, 0.29) is 5.75 Å². The largest absolute Gasteiger partial charge is 0.384 e. The van der Waals surface area contributed by atoms with Crippen LogP contribution in [0, 0.1) is 5.92 Å². The number of hydrogen-bond donors (Lipinski definition) is 2. The van der Waals surface area contributed by atoms with Gasteiger partial charge < -0.3 is 10.6 Å². The summed E-state index contributed by atoms with van der Waals surface area (Å²) in [4.78, 5) is 0.393. The summed E-state index contributed by atoms with van der Waals surface area (Å²) >= 11 is 0. The number of benzene rings is 1. The van der Waals surface area contributed by atoms with Gasteiger partial charge in [-0.15, -0.1) is 0 Å². The molecule has 0 heterocycles. The maximum atomic E-state index is 11.9. The average molecular weight is 270 g/mol. The summed E-state index contributed by atoms with van der Waals surface area (Å²) in [6, 6.07) is 7.07. The van der Waals surface area contributed by atoms with Crippen LogP contribution in [-0.4, -0.2) is 34.3 Å². The molecule has 0 aliphatic heterocycles. The van der Waals surface area contributed by atoms with Crippen molar-refractivity contribution in [1.82, 2.24) is 5.32 Å². The SMILES string of the molecule is CCS(=O)(=O)c1ccccc1NCC(C)CNC. The Hall–Kier alpha value is -1.07. The maximum absolute atomic E-state index is 11.9. The number of hydrogen-bond acceptors (Lipinski definition) is 4. The normalized spacial score (nSPS) is 13.3. The van der Waals surface area contributed by atoms with Crippen LogP contribution in [0.2, 0.25) is 0 Å². The third-order valence-electron chi connectivity index (χ3n) is 2.80. The third kappa shape index (κ3) is 3.99. The third-order valence-corrected chi connectivity index (χ3v) is 4.58. The minimum atomic E-state index is -3.17. The van der Waals surface area contributed by atoms with Gasteiger partial charge in [0.2, 0.25) is 0 Å². The van der Waals surface area contributed by atoms with Gasteiger partial charge in [0, 0.05) is 6.54 Å². The standard InChI is InChI=1S/C13H22N2O2S/c1-4-18(16,17)13-8-6-5-7-12(13)15-10-11(2)9-14-3/h5-8,11,14-15H,4,9-10H2,1-3H3. The predicted octanol–water partition coefficient (Wildman–Crippen LogP) is 1.75. The molecule has 0 bridgehead atoms. The van der Waals surface area contributed by atoms with E-state index in [1.807, 2.05) is 19.2 Å². The second-order valence-electron chi connectivity index (χ2n) is 4.44. The summed E-state index contributed by atoms with van der Waals surface area (Å²) in [6.45, 7) is 5.42. The van der Waals surface area contributed by atoms with Gasteiger partial charge in [-0.05, 0) is 31.6 Å². The summed E-state index contributed by atoms with van der Waals surface area (Å²) in [5, 5.41) is 6.32. The zero-order valence-electron chi connectivity index (χ0n) is 11.2. The summed E-state index contributed by atoms with van der Waals surface area (Å²) < 4.78 is 23.9. The van der Waals surface area contributed by atoms with Gasteiger partial charge in [-0.25, -0.2) is 8.42 Å². The first-order valence-electron chi connectivity index (χ1n) is 6.21. The van der Waals surface area contributed by atoms with Crippen molar-refractivity contribution >= 4 is 15.5 Å². The van der Waals surface area contributed by atoms with E-state index in [1.165, 1.54) is 0 Å². The van der Waals surface area contributed by atoms with E-state index in [1.54, 1.807) is 19.1 Å². The Morgan fingerprint density at radius 3 is 2.50 bits per heavy atom. The quantitative estimate of drug-likeness (QED) is 0.792. The molecule has 1 aromatic rings. The summed E-state index contributed by atoms with van der Waals surface area (Å²) in [5.41, 5.74) is 0.697. The van der Waals surface area contributed by atoms with Crippen LogP contribution in [-0.2, 0) is 9.84 Å². The number of rotatable bonds is 7. The monoisotopic (exact) mass is 270 g/mol. The van der Waals surface area contributed by atoms with Crippen LogP contribution in [0.15, 0.2) is 29.2 Å². The van der Waals surface area contributed by atoms with Crippen LogP contribution in [0.25, 0.3) is 0 Å². The van der Waals surface area contributed by atoms with Crippen LogP contribution < -0.4 is 10.6 Å². The molecule has 2 N–H and O–H groups in total. The van der Waals surface area contributed by atoms with Crippen molar-refractivity contribution in [2.75, 3.05) is 31.2 Å². The minimum Gasteiger partial charge on any atom is -0.384 e. The number of para-hydroxylation sites is 1. The molecule has 1 atom stereocenters. The van der Waals surface area contributed by atoms with Crippen molar-refractivity contribution in [3.8, 4) is 0 Å². The highest BCUT2D eigenvalue weighted by molar-refractivity contribution is 7.91. The van der Waals surface area contributed by atoms with Gasteiger partial charge in [0.1, 0.15) is 0 Å². The first-order chi connectivity index (χ1) is 8.51. The van der Waals surface area contributed by atoms with Gasteiger partial charge in [0.15, 0.2) is 9.84 Å². The van der Waals surface area contributed by atoms with Crippen molar-refractivity contribution in [1.29, 1.82) is 0 Å². The molecule has 1 unspecified atom stereocenters. The molecule has 0 aliphatic carbocycles. The molecule has 18 heavy (non-hydrogen) atoms. The fourth-order valence-electron chi connectivity index (χ4n) is 1.74. The highest BCUT2D eigenvalue weighted by Gasteiger charge is 2.16. The van der Waals surface area contributed by atoms with E-state index in [2.05, 4.69) is 17.6 Å². The Morgan fingerprint density at radius 2 is 1.89 bits per heavy atom. The summed E-state index contributed by atoms with van der Waals surface area (Å²) in [6.07, 6.45) is 0. The molecule has 0 aliphatic rings. The second-order valence-corrected chi connectivity index (χ2v) is 6.69. The van der Waals surface area contributed by atoms with Gasteiger partial charge in [-0.2, -0.15) is 0 Å². The zero-order valence-corrected chi connectivity index (χ0v) is 12.0. The van der Waals surface area contributed by atoms with Crippen LogP contribution in [0.1, 0.15) is 13.8 Å². The van der Waals surface area contributed by atoms with Gasteiger partial charge >= 0.3 is 0 Å². The van der Waals surface area contributed by atoms with E-state index >= 15 is 0 Å². The number of anilines is 1. The fraction of sp³-hybridized carbons (Fsp3) is 0.538. The molecule has 4 nitrogen and oxygen atoms in total. The van der Waals surface area contributed by atoms with E-state index in [0.29, 0.717) is 16.5 Å². The van der Waals surface area contributed by atoms with Crippen molar-refractivity contribution < 1.29 is 8.42 Å². The molecule has 102 valence electrons. The van der Waals surface area contributed by atoms with E-state index < -0.39 is 9.84 Å². The van der Waals surface area contributed by atoms with Gasteiger partial charge in [0.05, 0.1) is 16.3 Å². The molecular weight excluding hydrogens is 248 g/mol. The van der Waals surface area contributed by atoms with Gasteiger partial charge in [-0.3, -0.25) is 0 Å². The van der Waals surface area contributed by atoms with Crippen LogP contribution in [0.4, 0.5) is 5.69 Å². The molecule has 0 aromatic heterocycles. The van der Waals surface area contributed by atoms with Gasteiger partial charge in [-0.1, -0.05) is 26.0 Å². The molecule has 0 radical (unpaired) electrons. The first-order valence-corrected chi connectivity index (χ1v) is 7.86. The topological polar surface area (TPSA) is 58.2 Å². The number of sulfone groups is 1. The molecule has 5 heteroatoms. The molecule has 0 saturated carbocycles. The van der Waals surface area contributed by atoms with E-state index in [9.17, 15) is 8.42 Å². The molecule has 1 rings (SSSR count). The molecular formula is C13H22N2O2S. The van der Waals surface area contributed by atoms with Crippen molar-refractivity contribution in [3.05, 3.63) is 24.3 Å². The van der Waals surface area contributed by atoms with Crippen LogP contribution in [0.3, 0.4) is 0 Å². The van der Waals surface area contributed by atoms with Crippen LogP contribution >= 0.6 is 0 Å². The fourth-order valence-corrected chi connectivity index (χ4v) is 2.82. The summed E-state index contributed by atoms with van der Waals surface area (Å²) in [7, 11) is -1.26. The molecule has 0 fully saturated rings.